The number of nitrogens with zero attached hydrogens (tertiary/aromatic N) is 1. The van der Waals surface area contributed by atoms with E-state index in [2.05, 4.69) is 26.6 Å². The molecule has 0 heterocycles. The number of halogens is 1. The summed E-state index contributed by atoms with van der Waals surface area (Å²) in [5, 5.41) is 16.4. The smallest absolute Gasteiger partial charge is 0.284 e. The lowest BCUT2D eigenvalue weighted by Gasteiger charge is -2.18. The van der Waals surface area contributed by atoms with Gasteiger partial charge < -0.3 is 10.6 Å². The highest BCUT2D eigenvalue weighted by Gasteiger charge is 2.21. The van der Waals surface area contributed by atoms with Gasteiger partial charge in [0, 0.05) is 28.4 Å². The predicted molar refractivity (Wildman–Crippen MR) is 103 cm³/mol. The molecule has 8 heteroatoms. The van der Waals surface area contributed by atoms with E-state index in [9.17, 15) is 19.7 Å². The van der Waals surface area contributed by atoms with E-state index in [1.165, 1.54) is 18.2 Å². The van der Waals surface area contributed by atoms with E-state index in [-0.39, 0.29) is 17.2 Å². The maximum Gasteiger partial charge on any atom is 0.284 e. The largest absolute Gasteiger partial charge is 0.326 e. The number of rotatable bonds is 4. The Bertz CT molecular complexity index is 875. The average Bonchev–Trinajstić information content (AvgIpc) is 2.54. The van der Waals surface area contributed by atoms with Crippen molar-refractivity contribution < 1.29 is 14.5 Å². The van der Waals surface area contributed by atoms with Crippen LogP contribution in [-0.4, -0.2) is 16.7 Å². The summed E-state index contributed by atoms with van der Waals surface area (Å²) in [5.41, 5.74) is 0.431. The second kappa shape index (κ2) is 7.65. The van der Waals surface area contributed by atoms with E-state index in [0.29, 0.717) is 15.8 Å². The molecule has 0 radical (unpaired) electrons. The molecule has 2 aromatic carbocycles. The Balaban J connectivity index is 2.17. The number of hydrogen-bond donors (Lipinski definition) is 2. The number of nitro groups is 1. The zero-order valence-corrected chi connectivity index (χ0v) is 16.1. The number of carbonyl (C=O) groups is 2. The second-order valence-corrected chi connectivity index (χ2v) is 7.52. The first-order chi connectivity index (χ1) is 12.1. The van der Waals surface area contributed by atoms with Crippen LogP contribution in [0.25, 0.3) is 0 Å². The van der Waals surface area contributed by atoms with E-state index in [4.69, 9.17) is 0 Å². The van der Waals surface area contributed by atoms with Crippen molar-refractivity contribution in [3.8, 4) is 0 Å². The van der Waals surface area contributed by atoms with E-state index in [0.717, 1.165) is 0 Å². The lowest BCUT2D eigenvalue weighted by molar-refractivity contribution is -0.385. The first-order valence-electron chi connectivity index (χ1n) is 7.75. The highest BCUT2D eigenvalue weighted by Crippen LogP contribution is 2.26. The van der Waals surface area contributed by atoms with Crippen molar-refractivity contribution in [3.63, 3.8) is 0 Å². The van der Waals surface area contributed by atoms with Crippen LogP contribution in [0.4, 0.5) is 17.1 Å². The summed E-state index contributed by atoms with van der Waals surface area (Å²) in [6, 6.07) is 10.8. The average molecular weight is 420 g/mol. The molecule has 0 aliphatic heterocycles. The monoisotopic (exact) mass is 419 g/mol. The summed E-state index contributed by atoms with van der Waals surface area (Å²) in [4.78, 5) is 34.8. The third-order valence-electron chi connectivity index (χ3n) is 3.46. The molecular formula is C18H18BrN3O4. The van der Waals surface area contributed by atoms with Gasteiger partial charge in [-0.1, -0.05) is 26.8 Å². The molecule has 2 amide bonds. The first-order valence-corrected chi connectivity index (χ1v) is 8.54. The van der Waals surface area contributed by atoms with Crippen LogP contribution in [-0.2, 0) is 4.79 Å². The van der Waals surface area contributed by atoms with E-state index >= 15 is 0 Å². The molecule has 0 fully saturated rings. The molecule has 2 N–H and O–H groups in total. The van der Waals surface area contributed by atoms with Gasteiger partial charge in [-0.05, 0) is 46.3 Å². The molecule has 0 bridgehead atoms. The van der Waals surface area contributed by atoms with Gasteiger partial charge in [-0.2, -0.15) is 0 Å². The van der Waals surface area contributed by atoms with Crippen molar-refractivity contribution in [3.05, 3.63) is 62.6 Å². The summed E-state index contributed by atoms with van der Waals surface area (Å²) in [5.74, 6) is -0.635. The number of nitrogens with one attached hydrogen (secondary N) is 2. The van der Waals surface area contributed by atoms with Crippen molar-refractivity contribution >= 4 is 44.8 Å². The van der Waals surface area contributed by atoms with Gasteiger partial charge in [-0.25, -0.2) is 0 Å². The predicted octanol–water partition coefficient (Wildman–Crippen LogP) is 4.59. The van der Waals surface area contributed by atoms with Gasteiger partial charge in [0.15, 0.2) is 0 Å². The van der Waals surface area contributed by atoms with Crippen molar-refractivity contribution in [2.75, 3.05) is 10.6 Å². The van der Waals surface area contributed by atoms with Crippen LogP contribution in [0.15, 0.2) is 46.9 Å². The van der Waals surface area contributed by atoms with Gasteiger partial charge in [0.25, 0.3) is 11.6 Å². The highest BCUT2D eigenvalue weighted by molar-refractivity contribution is 9.10. The van der Waals surface area contributed by atoms with Crippen LogP contribution in [0.3, 0.4) is 0 Å². The third-order valence-corrected chi connectivity index (χ3v) is 4.14. The molecule has 0 atom stereocenters. The van der Waals surface area contributed by atoms with E-state index < -0.39 is 16.2 Å². The molecule has 0 saturated carbocycles. The first kappa shape index (κ1) is 19.6. The molecule has 0 spiro atoms. The zero-order valence-electron chi connectivity index (χ0n) is 14.5. The summed E-state index contributed by atoms with van der Waals surface area (Å²) in [7, 11) is 0. The number of hydrogen-bond acceptors (Lipinski definition) is 4. The molecule has 2 aromatic rings. The number of amides is 2. The van der Waals surface area contributed by atoms with Crippen LogP contribution in [0.5, 0.6) is 0 Å². The maximum absolute atomic E-state index is 12.4. The minimum atomic E-state index is -0.566. The van der Waals surface area contributed by atoms with Gasteiger partial charge in [-0.15, -0.1) is 0 Å². The van der Waals surface area contributed by atoms with Crippen molar-refractivity contribution in [2.45, 2.75) is 20.8 Å². The Hall–Kier alpha value is -2.74. The van der Waals surface area contributed by atoms with Crippen LogP contribution in [0, 0.1) is 15.5 Å². The molecule has 0 unspecified atom stereocenters. The SMILES string of the molecule is CC(C)(C)C(=O)Nc1cccc(NC(=O)c2ccc(Br)c([N+](=O)[O-])c2)c1. The molecule has 0 aliphatic rings. The Morgan fingerprint density at radius 3 is 2.23 bits per heavy atom. The Labute approximate surface area is 159 Å². The third kappa shape index (κ3) is 4.89. The van der Waals surface area contributed by atoms with E-state index in [1.54, 1.807) is 45.0 Å². The fourth-order valence-corrected chi connectivity index (χ4v) is 2.38. The molecule has 26 heavy (non-hydrogen) atoms. The van der Waals surface area contributed by atoms with Gasteiger partial charge in [0.2, 0.25) is 5.91 Å². The molecule has 136 valence electrons. The maximum atomic E-state index is 12.4. The number of carbonyl (C=O) groups excluding carboxylic acids is 2. The lowest BCUT2D eigenvalue weighted by Crippen LogP contribution is -2.27. The molecule has 7 nitrogen and oxygen atoms in total. The fourth-order valence-electron chi connectivity index (χ4n) is 1.99. The van der Waals surface area contributed by atoms with Crippen molar-refractivity contribution in [1.29, 1.82) is 0 Å². The Morgan fingerprint density at radius 1 is 1.04 bits per heavy atom. The molecule has 0 aliphatic carbocycles. The number of nitro benzene ring substituents is 1. The minimum Gasteiger partial charge on any atom is -0.326 e. The molecule has 0 aromatic heterocycles. The summed E-state index contributed by atoms with van der Waals surface area (Å²) in [6.45, 7) is 5.40. The highest BCUT2D eigenvalue weighted by atomic mass is 79.9. The zero-order chi connectivity index (χ0) is 19.5. The fraction of sp³-hybridized carbons (Fsp3) is 0.222. The van der Waals surface area contributed by atoms with Crippen molar-refractivity contribution in [1.82, 2.24) is 0 Å². The molecule has 2 rings (SSSR count). The normalized spacial score (nSPS) is 10.9. The van der Waals surface area contributed by atoms with Gasteiger partial charge >= 0.3 is 0 Å². The number of anilines is 2. The standard InChI is InChI=1S/C18H18BrN3O4/c1-18(2,3)17(24)21-13-6-4-5-12(10-13)20-16(23)11-7-8-14(19)15(9-11)22(25)26/h4-10H,1-3H3,(H,20,23)(H,21,24). The van der Waals surface area contributed by atoms with Crippen LogP contribution in [0.1, 0.15) is 31.1 Å². The minimum absolute atomic E-state index is 0.149. The van der Waals surface area contributed by atoms with Crippen LogP contribution in [0.2, 0.25) is 0 Å². The summed E-state index contributed by atoms with van der Waals surface area (Å²) in [6.07, 6.45) is 0. The molecular weight excluding hydrogens is 402 g/mol. The van der Waals surface area contributed by atoms with Crippen molar-refractivity contribution in [2.24, 2.45) is 5.41 Å². The van der Waals surface area contributed by atoms with Gasteiger partial charge in [0.1, 0.15) is 0 Å². The van der Waals surface area contributed by atoms with Crippen LogP contribution >= 0.6 is 15.9 Å². The second-order valence-electron chi connectivity index (χ2n) is 6.66. The topological polar surface area (TPSA) is 101 Å². The van der Waals surface area contributed by atoms with Crippen LogP contribution < -0.4 is 10.6 Å². The Morgan fingerprint density at radius 2 is 1.65 bits per heavy atom. The van der Waals surface area contributed by atoms with E-state index in [1.807, 2.05) is 0 Å². The quantitative estimate of drug-likeness (QED) is 0.558. The lowest BCUT2D eigenvalue weighted by atomic mass is 9.95. The summed E-state index contributed by atoms with van der Waals surface area (Å²) >= 11 is 3.08. The Kier molecular flexibility index (Phi) is 5.76. The van der Waals surface area contributed by atoms with Gasteiger partial charge in [0.05, 0.1) is 9.40 Å². The number of benzene rings is 2. The molecule has 0 saturated heterocycles. The summed E-state index contributed by atoms with van der Waals surface area (Å²) < 4.78 is 0.297. The van der Waals surface area contributed by atoms with Gasteiger partial charge in [-0.3, -0.25) is 19.7 Å².